The molecule has 126 valence electrons. The topological polar surface area (TPSA) is 29.5 Å². The van der Waals surface area contributed by atoms with Gasteiger partial charge in [-0.15, -0.1) is 11.8 Å². The van der Waals surface area contributed by atoms with Gasteiger partial charge in [0.15, 0.2) is 0 Å². The van der Waals surface area contributed by atoms with Crippen LogP contribution in [0, 0.1) is 0 Å². The maximum absolute atomic E-state index is 11.4. The van der Waals surface area contributed by atoms with Gasteiger partial charge in [0.2, 0.25) is 0 Å². The van der Waals surface area contributed by atoms with Crippen molar-refractivity contribution in [3.05, 3.63) is 60.2 Å². The number of benzene rings is 2. The van der Waals surface area contributed by atoms with Crippen molar-refractivity contribution in [3.63, 3.8) is 0 Å². The van der Waals surface area contributed by atoms with Gasteiger partial charge >= 0.3 is 5.97 Å². The number of esters is 1. The van der Waals surface area contributed by atoms with E-state index >= 15 is 0 Å². The zero-order chi connectivity index (χ0) is 16.8. The minimum Gasteiger partial charge on any atom is -0.469 e. The molecular formula is C20H23NO2S. The zero-order valence-corrected chi connectivity index (χ0v) is 14.8. The van der Waals surface area contributed by atoms with Crippen LogP contribution < -0.4 is 4.90 Å². The summed E-state index contributed by atoms with van der Waals surface area (Å²) in [7, 11) is 1.43. The summed E-state index contributed by atoms with van der Waals surface area (Å²) in [6.45, 7) is 2.20. The van der Waals surface area contributed by atoms with Crippen LogP contribution in [0.5, 0.6) is 0 Å². The van der Waals surface area contributed by atoms with E-state index in [1.807, 2.05) is 23.9 Å². The molecule has 0 spiro atoms. The molecule has 3 nitrogen and oxygen atoms in total. The second-order valence-electron chi connectivity index (χ2n) is 6.04. The molecule has 0 aromatic heterocycles. The molecule has 0 saturated carbocycles. The summed E-state index contributed by atoms with van der Waals surface area (Å²) in [5.74, 6) is -0.187. The van der Waals surface area contributed by atoms with Crippen LogP contribution in [0.25, 0.3) is 0 Å². The van der Waals surface area contributed by atoms with Gasteiger partial charge in [-0.1, -0.05) is 30.3 Å². The van der Waals surface area contributed by atoms with E-state index in [9.17, 15) is 4.79 Å². The lowest BCUT2D eigenvalue weighted by Crippen LogP contribution is -2.34. The summed E-state index contributed by atoms with van der Waals surface area (Å²) in [5.41, 5.74) is 2.34. The number of nitrogens with zero attached hydrogens (tertiary/aromatic N) is 1. The number of thioether (sulfide) groups is 1. The van der Waals surface area contributed by atoms with Gasteiger partial charge < -0.3 is 9.64 Å². The summed E-state index contributed by atoms with van der Waals surface area (Å²) in [5, 5.41) is 0.637. The number of hydrogen-bond acceptors (Lipinski definition) is 4. The van der Waals surface area contributed by atoms with E-state index < -0.39 is 0 Å². The molecule has 1 aliphatic heterocycles. The molecule has 0 unspecified atom stereocenters. The van der Waals surface area contributed by atoms with Crippen molar-refractivity contribution < 1.29 is 9.53 Å². The normalized spacial score (nSPS) is 15.3. The number of anilines is 1. The Labute approximate surface area is 148 Å². The Balaban J connectivity index is 1.54. The highest BCUT2D eigenvalue weighted by molar-refractivity contribution is 8.00. The highest BCUT2D eigenvalue weighted by atomic mass is 32.2. The number of piperidine rings is 1. The first-order valence-corrected chi connectivity index (χ1v) is 9.25. The van der Waals surface area contributed by atoms with Crippen LogP contribution in [0.3, 0.4) is 0 Å². The molecule has 0 radical (unpaired) electrons. The minimum atomic E-state index is -0.187. The lowest BCUT2D eigenvalue weighted by atomic mass is 10.1. The predicted molar refractivity (Wildman–Crippen MR) is 99.7 cm³/mol. The van der Waals surface area contributed by atoms with Gasteiger partial charge in [0, 0.05) is 28.9 Å². The molecule has 0 N–H and O–H groups in total. The number of carbonyl (C=O) groups excluding carboxylic acids is 1. The van der Waals surface area contributed by atoms with Gasteiger partial charge in [-0.25, -0.2) is 0 Å². The largest absolute Gasteiger partial charge is 0.469 e. The fourth-order valence-electron chi connectivity index (χ4n) is 3.03. The van der Waals surface area contributed by atoms with Crippen LogP contribution in [0.4, 0.5) is 5.69 Å². The van der Waals surface area contributed by atoms with Crippen LogP contribution in [0.15, 0.2) is 59.5 Å². The Bertz CT molecular complexity index is 666. The monoisotopic (exact) mass is 341 g/mol. The third kappa shape index (κ3) is 4.54. The molecule has 24 heavy (non-hydrogen) atoms. The molecule has 3 rings (SSSR count). The van der Waals surface area contributed by atoms with Crippen molar-refractivity contribution in [3.8, 4) is 0 Å². The first kappa shape index (κ1) is 16.9. The Morgan fingerprint density at radius 3 is 2.58 bits per heavy atom. The average molecular weight is 341 g/mol. The Morgan fingerprint density at radius 2 is 1.88 bits per heavy atom. The van der Waals surface area contributed by atoms with Crippen molar-refractivity contribution in [1.82, 2.24) is 0 Å². The summed E-state index contributed by atoms with van der Waals surface area (Å²) >= 11 is 1.93. The lowest BCUT2D eigenvalue weighted by molar-refractivity contribution is -0.139. The maximum Gasteiger partial charge on any atom is 0.309 e. The first-order chi connectivity index (χ1) is 11.7. The Morgan fingerprint density at radius 1 is 1.12 bits per heavy atom. The lowest BCUT2D eigenvalue weighted by Gasteiger charge is -2.33. The Kier molecular flexibility index (Phi) is 5.81. The van der Waals surface area contributed by atoms with Crippen molar-refractivity contribution in [2.45, 2.75) is 29.4 Å². The molecule has 1 heterocycles. The minimum absolute atomic E-state index is 0.187. The molecule has 0 amide bonds. The van der Waals surface area contributed by atoms with E-state index in [-0.39, 0.29) is 5.97 Å². The van der Waals surface area contributed by atoms with Gasteiger partial charge in [0.1, 0.15) is 0 Å². The van der Waals surface area contributed by atoms with E-state index in [2.05, 4.69) is 47.4 Å². The van der Waals surface area contributed by atoms with Gasteiger partial charge in [-0.3, -0.25) is 4.79 Å². The molecule has 2 aromatic rings. The Hall–Kier alpha value is -1.94. The molecule has 2 aromatic carbocycles. The summed E-state index contributed by atoms with van der Waals surface area (Å²) in [6, 6.07) is 18.9. The van der Waals surface area contributed by atoms with Gasteiger partial charge in [-0.2, -0.15) is 0 Å². The van der Waals surface area contributed by atoms with Crippen molar-refractivity contribution in [2.75, 3.05) is 25.1 Å². The molecule has 0 bridgehead atoms. The zero-order valence-electron chi connectivity index (χ0n) is 14.0. The van der Waals surface area contributed by atoms with Crippen LogP contribution in [0.1, 0.15) is 18.4 Å². The van der Waals surface area contributed by atoms with E-state index in [4.69, 9.17) is 4.74 Å². The third-order valence-electron chi connectivity index (χ3n) is 4.34. The highest BCUT2D eigenvalue weighted by Gasteiger charge is 2.20. The fourth-order valence-corrected chi connectivity index (χ4v) is 4.24. The third-order valence-corrected chi connectivity index (χ3v) is 5.67. The quantitative estimate of drug-likeness (QED) is 0.764. The van der Waals surface area contributed by atoms with Gasteiger partial charge in [0.05, 0.1) is 13.5 Å². The van der Waals surface area contributed by atoms with Crippen LogP contribution >= 0.6 is 11.8 Å². The first-order valence-electron chi connectivity index (χ1n) is 8.37. The van der Waals surface area contributed by atoms with E-state index in [1.165, 1.54) is 30.5 Å². The number of carbonyl (C=O) groups is 1. The molecule has 0 atom stereocenters. The second kappa shape index (κ2) is 8.25. The number of hydrogen-bond donors (Lipinski definition) is 0. The van der Waals surface area contributed by atoms with Crippen molar-refractivity contribution >= 4 is 23.4 Å². The predicted octanol–water partition coefficient (Wildman–Crippen LogP) is 4.16. The fraction of sp³-hybridized carbons (Fsp3) is 0.350. The molecule has 1 aliphatic rings. The number of para-hydroxylation sites is 1. The number of ether oxygens (including phenoxy) is 1. The number of rotatable bonds is 5. The summed E-state index contributed by atoms with van der Waals surface area (Å²) in [4.78, 5) is 15.1. The van der Waals surface area contributed by atoms with Crippen molar-refractivity contribution in [2.24, 2.45) is 0 Å². The van der Waals surface area contributed by atoms with Crippen molar-refractivity contribution in [1.29, 1.82) is 0 Å². The standard InChI is InChI=1S/C20H23NO2S/c1-23-20(22)15-16-6-5-9-19(14-16)24-18-10-12-21(13-11-18)17-7-3-2-4-8-17/h2-9,14,18H,10-13,15H2,1H3. The molecule has 1 saturated heterocycles. The molecule has 1 fully saturated rings. The van der Waals surface area contributed by atoms with E-state index in [0.29, 0.717) is 11.7 Å². The summed E-state index contributed by atoms with van der Waals surface area (Å²) in [6.07, 6.45) is 2.71. The van der Waals surface area contributed by atoms with Gasteiger partial charge in [0.25, 0.3) is 0 Å². The molecule has 4 heteroatoms. The maximum atomic E-state index is 11.4. The molecular weight excluding hydrogens is 318 g/mol. The number of methoxy groups -OCH3 is 1. The van der Waals surface area contributed by atoms with Crippen LogP contribution in [-0.4, -0.2) is 31.4 Å². The average Bonchev–Trinajstić information content (AvgIpc) is 2.63. The SMILES string of the molecule is COC(=O)Cc1cccc(SC2CCN(c3ccccc3)CC2)c1. The highest BCUT2D eigenvalue weighted by Crippen LogP contribution is 2.32. The van der Waals surface area contributed by atoms with Crippen LogP contribution in [-0.2, 0) is 16.0 Å². The smallest absolute Gasteiger partial charge is 0.309 e. The second-order valence-corrected chi connectivity index (χ2v) is 7.41. The van der Waals surface area contributed by atoms with Crippen LogP contribution in [0.2, 0.25) is 0 Å². The van der Waals surface area contributed by atoms with Gasteiger partial charge in [-0.05, 0) is 42.7 Å². The molecule has 0 aliphatic carbocycles. The van der Waals surface area contributed by atoms with E-state index in [0.717, 1.165) is 18.7 Å². The van der Waals surface area contributed by atoms with E-state index in [1.54, 1.807) is 0 Å². The summed E-state index contributed by atoms with van der Waals surface area (Å²) < 4.78 is 4.75.